The number of ether oxygens (including phenoxy) is 1. The molecule has 0 aromatic heterocycles. The summed E-state index contributed by atoms with van der Waals surface area (Å²) in [6.07, 6.45) is -3.99. The number of benzene rings is 2. The maximum atomic E-state index is 12.9. The summed E-state index contributed by atoms with van der Waals surface area (Å²) in [6, 6.07) is 15.4. The maximum Gasteiger partial charge on any atom is 0.269 e. The fraction of sp³-hybridized carbons (Fsp3) is 0.227. The molecule has 1 heterocycles. The molecule has 1 unspecified atom stereocenters. The van der Waals surface area contributed by atoms with Crippen LogP contribution in [0.1, 0.15) is 6.99 Å². The minimum absolute atomic E-state index is 0. The second kappa shape index (κ2) is 10.8. The summed E-state index contributed by atoms with van der Waals surface area (Å²) in [4.78, 5) is 26.2. The predicted molar refractivity (Wildman–Crippen MR) is 124 cm³/mol. The number of thiocarbonyl (C=S) groups is 1. The van der Waals surface area contributed by atoms with Gasteiger partial charge in [0.25, 0.3) is 11.8 Å². The summed E-state index contributed by atoms with van der Waals surface area (Å²) in [6.45, 7) is -0.0619. The van der Waals surface area contributed by atoms with Crippen LogP contribution in [0.3, 0.4) is 0 Å². The average Bonchev–Trinajstić information content (AvgIpc) is 2.77. The Balaban J connectivity index is 0.00000385. The van der Waals surface area contributed by atoms with Crippen molar-refractivity contribution in [3.63, 3.8) is 0 Å². The molecule has 0 aliphatic carbocycles. The van der Waals surface area contributed by atoms with Gasteiger partial charge in [-0.25, -0.2) is 0 Å². The number of carbonyl (C=O) groups excluding carboxylic acids is 2. The minimum Gasteiger partial charge on any atom is -0.388 e. The molecule has 0 bridgehead atoms. The minimum atomic E-state index is -1.71. The van der Waals surface area contributed by atoms with E-state index in [0.717, 1.165) is 16.5 Å². The third kappa shape index (κ3) is 5.77. The lowest BCUT2D eigenvalue weighted by Gasteiger charge is -2.29. The van der Waals surface area contributed by atoms with Crippen LogP contribution < -0.4 is 10.2 Å². The zero-order chi connectivity index (χ0) is 23.3. The molecule has 1 aliphatic rings. The van der Waals surface area contributed by atoms with Crippen molar-refractivity contribution in [1.82, 2.24) is 5.32 Å². The first-order chi connectivity index (χ1) is 15.3. The Morgan fingerprint density at radius 3 is 2.41 bits per heavy atom. The molecule has 2 amide bonds. The summed E-state index contributed by atoms with van der Waals surface area (Å²) in [5.74, 6) is -1.62. The monoisotopic (exact) mass is 478 g/mol. The topological polar surface area (TPSA) is 119 Å². The quantitative estimate of drug-likeness (QED) is 0.258. The van der Waals surface area contributed by atoms with Gasteiger partial charge in [0.1, 0.15) is 23.9 Å². The van der Waals surface area contributed by atoms with E-state index in [9.17, 15) is 24.9 Å². The van der Waals surface area contributed by atoms with Gasteiger partial charge >= 0.3 is 0 Å². The highest BCUT2D eigenvalue weighted by Crippen LogP contribution is 2.23. The van der Waals surface area contributed by atoms with Gasteiger partial charge in [0.05, 0.1) is 18.9 Å². The first kappa shape index (κ1) is 24.0. The van der Waals surface area contributed by atoms with E-state index in [2.05, 4.69) is 5.32 Å². The van der Waals surface area contributed by atoms with E-state index in [1.165, 1.54) is 0 Å². The van der Waals surface area contributed by atoms with Crippen LogP contribution >= 0.6 is 23.8 Å². The number of aliphatic hydroxyl groups is 3. The van der Waals surface area contributed by atoms with Crippen molar-refractivity contribution in [2.45, 2.75) is 24.9 Å². The van der Waals surface area contributed by atoms with Crippen LogP contribution in [0.4, 0.5) is 5.69 Å². The van der Waals surface area contributed by atoms with E-state index >= 15 is 0 Å². The molecule has 0 spiro atoms. The number of hydrogen-bond acceptors (Lipinski definition) is 7. The third-order valence-corrected chi connectivity index (χ3v) is 5.20. The molecular weight excluding hydrogens is 456 g/mol. The largest absolute Gasteiger partial charge is 0.388 e. The number of rotatable bonds is 8. The van der Waals surface area contributed by atoms with Gasteiger partial charge in [0, 0.05) is 6.45 Å². The fourth-order valence-corrected chi connectivity index (χ4v) is 3.38. The SMILES string of the molecule is O=C1NC(=S)N(c2ccc(Cl)cc2)C(=O)/C1=C\[C@H](O)C(O)[C@H](O)COCc1ccccc1.[HH]. The summed E-state index contributed by atoms with van der Waals surface area (Å²) in [5.41, 5.74) is 0.803. The van der Waals surface area contributed by atoms with Gasteiger partial charge in [-0.2, -0.15) is 0 Å². The van der Waals surface area contributed by atoms with Gasteiger partial charge < -0.3 is 20.1 Å². The Kier molecular flexibility index (Phi) is 8.08. The average molecular weight is 479 g/mol. The summed E-state index contributed by atoms with van der Waals surface area (Å²) in [7, 11) is 0. The second-order valence-electron chi connectivity index (χ2n) is 7.01. The fourth-order valence-electron chi connectivity index (χ4n) is 2.97. The highest BCUT2D eigenvalue weighted by molar-refractivity contribution is 7.80. The number of carbonyl (C=O) groups is 2. The van der Waals surface area contributed by atoms with Gasteiger partial charge in [-0.3, -0.25) is 19.8 Å². The second-order valence-corrected chi connectivity index (χ2v) is 7.83. The lowest BCUT2D eigenvalue weighted by atomic mass is 10.0. The van der Waals surface area contributed by atoms with Crippen molar-refractivity contribution < 1.29 is 31.1 Å². The standard InChI is InChI=1S/C22H21ClN2O6S.H2/c23-14-6-8-15(9-7-14)25-21(30)16(20(29)24-22(25)32)10-17(26)19(28)18(27)12-31-11-13-4-2-1-3-5-13;/h1-10,17-19,26-28H,11-12H2,(H,24,29,32);1H/b16-10-;/t17-,18+,19?;/m0./s1. The number of hydrogen-bond donors (Lipinski definition) is 4. The summed E-state index contributed by atoms with van der Waals surface area (Å²) < 4.78 is 5.36. The molecule has 0 saturated carbocycles. The first-order valence-electron chi connectivity index (χ1n) is 9.61. The van der Waals surface area contributed by atoms with Crippen LogP contribution in [0.2, 0.25) is 5.02 Å². The Morgan fingerprint density at radius 1 is 1.09 bits per heavy atom. The van der Waals surface area contributed by atoms with Crippen LogP contribution in [0, 0.1) is 0 Å². The highest BCUT2D eigenvalue weighted by atomic mass is 35.5. The zero-order valence-electron chi connectivity index (χ0n) is 16.7. The van der Waals surface area contributed by atoms with Crippen LogP contribution in [0.25, 0.3) is 0 Å². The summed E-state index contributed by atoms with van der Waals surface area (Å²) in [5, 5.41) is 33.4. The Bertz CT molecular complexity index is 1020. The van der Waals surface area contributed by atoms with E-state index in [0.29, 0.717) is 10.7 Å². The molecule has 8 nitrogen and oxygen atoms in total. The predicted octanol–water partition coefficient (Wildman–Crippen LogP) is 1.56. The number of amides is 2. The van der Waals surface area contributed by atoms with Crippen LogP contribution in [0.5, 0.6) is 0 Å². The smallest absolute Gasteiger partial charge is 0.269 e. The molecule has 170 valence electrons. The zero-order valence-corrected chi connectivity index (χ0v) is 18.3. The molecule has 1 aliphatic heterocycles. The van der Waals surface area contributed by atoms with E-state index < -0.39 is 35.7 Å². The molecule has 3 rings (SSSR count). The third-order valence-electron chi connectivity index (χ3n) is 4.67. The van der Waals surface area contributed by atoms with Gasteiger partial charge in [-0.1, -0.05) is 41.9 Å². The number of halogens is 1. The van der Waals surface area contributed by atoms with Crippen molar-refractivity contribution in [3.05, 3.63) is 76.8 Å². The molecule has 32 heavy (non-hydrogen) atoms. The Morgan fingerprint density at radius 2 is 1.75 bits per heavy atom. The number of aliphatic hydroxyl groups excluding tert-OH is 3. The van der Waals surface area contributed by atoms with E-state index in [4.69, 9.17) is 28.6 Å². The van der Waals surface area contributed by atoms with Gasteiger partial charge in [0.2, 0.25) is 0 Å². The van der Waals surface area contributed by atoms with Gasteiger partial charge in [-0.15, -0.1) is 0 Å². The maximum absolute atomic E-state index is 12.9. The van der Waals surface area contributed by atoms with Crippen molar-refractivity contribution in [1.29, 1.82) is 0 Å². The van der Waals surface area contributed by atoms with Crippen molar-refractivity contribution in [3.8, 4) is 0 Å². The number of anilines is 1. The molecule has 0 radical (unpaired) electrons. The molecule has 3 atom stereocenters. The molecular formula is C22H23ClN2O6S. The number of nitrogens with one attached hydrogen (secondary N) is 1. The Hall–Kier alpha value is -2.66. The molecule has 4 N–H and O–H groups in total. The molecule has 10 heteroatoms. The van der Waals surface area contributed by atoms with Crippen LogP contribution in [0.15, 0.2) is 66.2 Å². The van der Waals surface area contributed by atoms with Crippen molar-refractivity contribution in [2.75, 3.05) is 11.5 Å². The van der Waals surface area contributed by atoms with Crippen LogP contribution in [-0.2, 0) is 20.9 Å². The number of nitrogens with zero attached hydrogens (tertiary/aromatic N) is 1. The van der Waals surface area contributed by atoms with Crippen molar-refractivity contribution in [2.24, 2.45) is 0 Å². The van der Waals surface area contributed by atoms with Crippen molar-refractivity contribution >= 4 is 46.4 Å². The van der Waals surface area contributed by atoms with Gasteiger partial charge in [-0.05, 0) is 48.1 Å². The van der Waals surface area contributed by atoms with E-state index in [1.54, 1.807) is 24.3 Å². The molecule has 2 aromatic carbocycles. The molecule has 2 aromatic rings. The summed E-state index contributed by atoms with van der Waals surface area (Å²) >= 11 is 11.0. The highest BCUT2D eigenvalue weighted by Gasteiger charge is 2.36. The lowest BCUT2D eigenvalue weighted by Crippen LogP contribution is -2.54. The van der Waals surface area contributed by atoms with Gasteiger partial charge in [0.15, 0.2) is 5.11 Å². The van der Waals surface area contributed by atoms with E-state index in [1.807, 2.05) is 30.3 Å². The Labute approximate surface area is 196 Å². The van der Waals surface area contributed by atoms with Crippen LogP contribution in [-0.4, -0.2) is 57.2 Å². The lowest BCUT2D eigenvalue weighted by molar-refractivity contribution is -0.122. The first-order valence-corrected chi connectivity index (χ1v) is 10.4. The van der Waals surface area contributed by atoms with E-state index in [-0.39, 0.29) is 19.8 Å². The molecule has 1 saturated heterocycles. The normalized spacial score (nSPS) is 18.4. The molecule has 1 fully saturated rings.